The molecule has 1 unspecified atom stereocenters. The minimum absolute atomic E-state index is 0.0248. The Kier molecular flexibility index (Phi) is 6.90. The zero-order chi connectivity index (χ0) is 20.0. The number of amides is 2. The standard InChI is InChI=1S/C19H19F3N2O2S/c1-3-17(25)24-15-8-4-13(5-9-15)12(2)23-18(26)14-6-10-16(11-7-14)27-19(20,21)22/h4-12H,3H2,1-2H3,(H,23,26)(H,24,25). The van der Waals surface area contributed by atoms with E-state index in [9.17, 15) is 22.8 Å². The maximum absolute atomic E-state index is 12.3. The normalized spacial score (nSPS) is 12.3. The number of rotatable bonds is 6. The molecule has 0 spiro atoms. The number of hydrogen-bond acceptors (Lipinski definition) is 3. The first-order chi connectivity index (χ1) is 12.7. The molecule has 0 bridgehead atoms. The summed E-state index contributed by atoms with van der Waals surface area (Å²) in [6.07, 6.45) is 0.383. The van der Waals surface area contributed by atoms with Crippen molar-refractivity contribution in [3.05, 3.63) is 59.7 Å². The Hall–Kier alpha value is -2.48. The number of alkyl halides is 3. The van der Waals surface area contributed by atoms with Gasteiger partial charge in [-0.15, -0.1) is 0 Å². The molecule has 2 amide bonds. The summed E-state index contributed by atoms with van der Waals surface area (Å²) < 4.78 is 37.0. The lowest BCUT2D eigenvalue weighted by Crippen LogP contribution is -2.26. The van der Waals surface area contributed by atoms with E-state index < -0.39 is 5.51 Å². The predicted molar refractivity (Wildman–Crippen MR) is 99.6 cm³/mol. The maximum atomic E-state index is 12.3. The Morgan fingerprint density at radius 1 is 1.04 bits per heavy atom. The van der Waals surface area contributed by atoms with Crippen molar-refractivity contribution in [1.29, 1.82) is 0 Å². The Labute approximate surface area is 159 Å². The van der Waals surface area contributed by atoms with Crippen LogP contribution in [0.25, 0.3) is 0 Å². The number of anilines is 1. The van der Waals surface area contributed by atoms with Gasteiger partial charge in [0.25, 0.3) is 5.91 Å². The summed E-state index contributed by atoms with van der Waals surface area (Å²) in [6, 6.07) is 12.0. The second-order valence-electron chi connectivity index (χ2n) is 5.79. The molecular weight excluding hydrogens is 377 g/mol. The fourth-order valence-corrected chi connectivity index (χ4v) is 2.82. The largest absolute Gasteiger partial charge is 0.446 e. The van der Waals surface area contributed by atoms with E-state index in [1.54, 1.807) is 38.1 Å². The maximum Gasteiger partial charge on any atom is 0.446 e. The van der Waals surface area contributed by atoms with Crippen LogP contribution in [-0.4, -0.2) is 17.3 Å². The first-order valence-corrected chi connectivity index (χ1v) is 9.06. The molecule has 8 heteroatoms. The molecule has 0 aliphatic carbocycles. The topological polar surface area (TPSA) is 58.2 Å². The van der Waals surface area contributed by atoms with E-state index in [0.29, 0.717) is 12.1 Å². The molecule has 0 saturated heterocycles. The molecule has 0 aliphatic rings. The fraction of sp³-hybridized carbons (Fsp3) is 0.263. The number of carbonyl (C=O) groups is 2. The Morgan fingerprint density at radius 3 is 2.15 bits per heavy atom. The quantitative estimate of drug-likeness (QED) is 0.665. The van der Waals surface area contributed by atoms with Crippen LogP contribution in [0.1, 0.15) is 42.2 Å². The Balaban J connectivity index is 1.97. The molecular formula is C19H19F3N2O2S. The van der Waals surface area contributed by atoms with Gasteiger partial charge in [-0.05, 0) is 60.6 Å². The van der Waals surface area contributed by atoms with Gasteiger partial charge in [-0.25, -0.2) is 0 Å². The molecule has 1 atom stereocenters. The second kappa shape index (κ2) is 8.94. The van der Waals surface area contributed by atoms with Crippen LogP contribution in [0, 0.1) is 0 Å². The zero-order valence-electron chi connectivity index (χ0n) is 14.8. The fourth-order valence-electron chi connectivity index (χ4n) is 2.28. The van der Waals surface area contributed by atoms with Gasteiger partial charge in [0.2, 0.25) is 5.91 Å². The van der Waals surface area contributed by atoms with E-state index in [4.69, 9.17) is 0 Å². The van der Waals surface area contributed by atoms with Crippen molar-refractivity contribution in [2.45, 2.75) is 36.7 Å². The minimum atomic E-state index is -4.36. The molecule has 144 valence electrons. The number of hydrogen-bond donors (Lipinski definition) is 2. The molecule has 2 rings (SSSR count). The summed E-state index contributed by atoms with van der Waals surface area (Å²) in [4.78, 5) is 23.7. The number of benzene rings is 2. The lowest BCUT2D eigenvalue weighted by Gasteiger charge is -2.15. The van der Waals surface area contributed by atoms with Crippen molar-refractivity contribution in [3.8, 4) is 0 Å². The lowest BCUT2D eigenvalue weighted by atomic mass is 10.1. The van der Waals surface area contributed by atoms with Crippen molar-refractivity contribution in [2.75, 3.05) is 5.32 Å². The van der Waals surface area contributed by atoms with E-state index in [1.165, 1.54) is 24.3 Å². The lowest BCUT2D eigenvalue weighted by molar-refractivity contribution is -0.115. The van der Waals surface area contributed by atoms with Gasteiger partial charge in [0, 0.05) is 22.6 Å². The van der Waals surface area contributed by atoms with Crippen LogP contribution < -0.4 is 10.6 Å². The molecule has 0 heterocycles. The summed E-state index contributed by atoms with van der Waals surface area (Å²) in [5, 5.41) is 5.53. The van der Waals surface area contributed by atoms with E-state index in [2.05, 4.69) is 10.6 Å². The zero-order valence-corrected chi connectivity index (χ0v) is 15.6. The molecule has 0 aromatic heterocycles. The molecule has 0 aliphatic heterocycles. The molecule has 4 nitrogen and oxygen atoms in total. The smallest absolute Gasteiger partial charge is 0.346 e. The van der Waals surface area contributed by atoms with Crippen molar-refractivity contribution in [1.82, 2.24) is 5.32 Å². The molecule has 2 aromatic carbocycles. The van der Waals surface area contributed by atoms with E-state index in [0.717, 1.165) is 5.56 Å². The van der Waals surface area contributed by atoms with Gasteiger partial charge in [0.05, 0.1) is 6.04 Å². The summed E-state index contributed by atoms with van der Waals surface area (Å²) in [5.41, 5.74) is -2.58. The first kappa shape index (κ1) is 20.8. The highest BCUT2D eigenvalue weighted by molar-refractivity contribution is 8.00. The third kappa shape index (κ3) is 6.63. The van der Waals surface area contributed by atoms with Gasteiger partial charge in [-0.3, -0.25) is 9.59 Å². The summed E-state index contributed by atoms with van der Waals surface area (Å²) in [5.74, 6) is -0.467. The van der Waals surface area contributed by atoms with Crippen LogP contribution >= 0.6 is 11.8 Å². The minimum Gasteiger partial charge on any atom is -0.346 e. The third-order valence-electron chi connectivity index (χ3n) is 3.71. The second-order valence-corrected chi connectivity index (χ2v) is 6.93. The molecule has 27 heavy (non-hydrogen) atoms. The molecule has 0 radical (unpaired) electrons. The van der Waals surface area contributed by atoms with Gasteiger partial charge in [-0.2, -0.15) is 13.2 Å². The van der Waals surface area contributed by atoms with E-state index >= 15 is 0 Å². The van der Waals surface area contributed by atoms with Gasteiger partial charge in [-0.1, -0.05) is 19.1 Å². The highest BCUT2D eigenvalue weighted by atomic mass is 32.2. The molecule has 2 aromatic rings. The van der Waals surface area contributed by atoms with E-state index in [-0.39, 0.29) is 40.1 Å². The molecule has 0 fully saturated rings. The number of carbonyl (C=O) groups excluding carboxylic acids is 2. The van der Waals surface area contributed by atoms with Crippen LogP contribution in [0.15, 0.2) is 53.4 Å². The van der Waals surface area contributed by atoms with Crippen molar-refractivity contribution in [3.63, 3.8) is 0 Å². The number of nitrogens with one attached hydrogen (secondary N) is 2. The number of thioether (sulfide) groups is 1. The summed E-state index contributed by atoms with van der Waals surface area (Å²) >= 11 is -0.223. The summed E-state index contributed by atoms with van der Waals surface area (Å²) in [7, 11) is 0. The van der Waals surface area contributed by atoms with Gasteiger partial charge in [0.1, 0.15) is 0 Å². The monoisotopic (exact) mass is 396 g/mol. The van der Waals surface area contributed by atoms with Crippen LogP contribution in [0.4, 0.5) is 18.9 Å². The Morgan fingerprint density at radius 2 is 1.63 bits per heavy atom. The van der Waals surface area contributed by atoms with Gasteiger partial charge in [0.15, 0.2) is 0 Å². The molecule has 0 saturated carbocycles. The van der Waals surface area contributed by atoms with Gasteiger partial charge >= 0.3 is 5.51 Å². The SMILES string of the molecule is CCC(=O)Nc1ccc(C(C)NC(=O)c2ccc(SC(F)(F)F)cc2)cc1. The predicted octanol–water partition coefficient (Wildman–Crippen LogP) is 5.14. The van der Waals surface area contributed by atoms with E-state index in [1.807, 2.05) is 0 Å². The average Bonchev–Trinajstić information content (AvgIpc) is 2.61. The van der Waals surface area contributed by atoms with Crippen LogP contribution in [0.3, 0.4) is 0 Å². The van der Waals surface area contributed by atoms with Crippen LogP contribution in [0.5, 0.6) is 0 Å². The van der Waals surface area contributed by atoms with Crippen LogP contribution in [0.2, 0.25) is 0 Å². The summed E-state index contributed by atoms with van der Waals surface area (Å²) in [6.45, 7) is 3.56. The van der Waals surface area contributed by atoms with Gasteiger partial charge < -0.3 is 10.6 Å². The highest BCUT2D eigenvalue weighted by Gasteiger charge is 2.29. The average molecular weight is 396 g/mol. The van der Waals surface area contributed by atoms with Crippen molar-refractivity contribution in [2.24, 2.45) is 0 Å². The number of halogens is 3. The Bertz CT molecular complexity index is 790. The first-order valence-electron chi connectivity index (χ1n) is 8.24. The molecule has 2 N–H and O–H groups in total. The highest BCUT2D eigenvalue weighted by Crippen LogP contribution is 2.36. The van der Waals surface area contributed by atoms with Crippen molar-refractivity contribution >= 4 is 29.3 Å². The van der Waals surface area contributed by atoms with Crippen molar-refractivity contribution < 1.29 is 22.8 Å². The van der Waals surface area contributed by atoms with Crippen LogP contribution in [-0.2, 0) is 4.79 Å². The third-order valence-corrected chi connectivity index (χ3v) is 4.45.